The molecule has 1 aromatic heterocycles. The van der Waals surface area contributed by atoms with Gasteiger partial charge >= 0.3 is 0 Å². The molecule has 9 heteroatoms. The normalized spacial score (nSPS) is 10.2. The average molecular weight is 392 g/mol. The maximum Gasteiger partial charge on any atom is 0.257 e. The number of nitrogens with zero attached hydrogens (tertiary/aromatic N) is 1. The van der Waals surface area contributed by atoms with Crippen LogP contribution in [0.5, 0.6) is 0 Å². The fraction of sp³-hybridized carbons (Fsp3) is 0.0500. The number of rotatable bonds is 6. The average Bonchev–Trinajstić information content (AvgIpc) is 3.23. The summed E-state index contributed by atoms with van der Waals surface area (Å²) in [6.07, 6.45) is 1.40. The summed E-state index contributed by atoms with van der Waals surface area (Å²) >= 11 is 0. The Hall–Kier alpha value is -4.27. The van der Waals surface area contributed by atoms with E-state index in [4.69, 9.17) is 20.0 Å². The van der Waals surface area contributed by atoms with Gasteiger partial charge in [-0.2, -0.15) is 0 Å². The highest BCUT2D eigenvalue weighted by molar-refractivity contribution is 6.06. The Bertz CT molecular complexity index is 1060. The quantitative estimate of drug-likeness (QED) is 0.254. The molecule has 0 radical (unpaired) electrons. The number of anilines is 1. The number of benzene rings is 2. The number of amides is 1. The van der Waals surface area contributed by atoms with Crippen LogP contribution < -0.4 is 5.32 Å². The van der Waals surface area contributed by atoms with Crippen molar-refractivity contribution in [2.75, 3.05) is 5.32 Å². The maximum absolute atomic E-state index is 12.4. The maximum atomic E-state index is 12.4. The van der Waals surface area contributed by atoms with Crippen LogP contribution in [-0.4, -0.2) is 22.6 Å². The molecule has 146 valence electrons. The van der Waals surface area contributed by atoms with Crippen molar-refractivity contribution in [1.82, 2.24) is 0 Å². The monoisotopic (exact) mass is 392 g/mol. The Morgan fingerprint density at radius 3 is 2.45 bits per heavy atom. The molecule has 3 rings (SSSR count). The van der Waals surface area contributed by atoms with E-state index in [1.807, 2.05) is 0 Å². The van der Waals surface area contributed by atoms with Gasteiger partial charge in [0.2, 0.25) is 12.4 Å². The third-order valence-electron chi connectivity index (χ3n) is 3.86. The fourth-order valence-corrected chi connectivity index (χ4v) is 2.47. The van der Waals surface area contributed by atoms with Crippen molar-refractivity contribution in [2.24, 2.45) is 0 Å². The minimum Gasteiger partial charge on any atom is -0.459 e. The number of ether oxygens (including phenoxy) is 1. The highest BCUT2D eigenvalue weighted by Crippen LogP contribution is 2.15. The van der Waals surface area contributed by atoms with Gasteiger partial charge in [-0.15, -0.1) is 0 Å². The molecule has 3 N–H and O–H groups in total. The minimum absolute atomic E-state index is 0.194. The van der Waals surface area contributed by atoms with Crippen molar-refractivity contribution >= 4 is 23.4 Å². The van der Waals surface area contributed by atoms with E-state index in [0.717, 1.165) is 0 Å². The predicted molar refractivity (Wildman–Crippen MR) is 105 cm³/mol. The Balaban J connectivity index is 1.66. The smallest absolute Gasteiger partial charge is 0.257 e. The summed E-state index contributed by atoms with van der Waals surface area (Å²) in [5.74, 6) is -0.777. The van der Waals surface area contributed by atoms with Gasteiger partial charge < -0.3 is 14.5 Å². The zero-order valence-electron chi connectivity index (χ0n) is 15.0. The van der Waals surface area contributed by atoms with Gasteiger partial charge in [-0.3, -0.25) is 25.7 Å². The largest absolute Gasteiger partial charge is 0.459 e. The highest BCUT2D eigenvalue weighted by atomic mass is 16.6. The molecule has 0 spiro atoms. The molecule has 2 aromatic carbocycles. The summed E-state index contributed by atoms with van der Waals surface area (Å²) in [5.41, 5.74) is 1.63. The highest BCUT2D eigenvalue weighted by Gasteiger charge is 2.13. The first-order chi connectivity index (χ1) is 13.9. The second kappa shape index (κ2) is 8.61. The molecule has 29 heavy (non-hydrogen) atoms. The number of nitrogens with one attached hydrogen (secondary N) is 3. The van der Waals surface area contributed by atoms with E-state index < -0.39 is 10.8 Å². The topological polar surface area (TPSA) is 142 Å². The molecular formula is C20H16N4O5. The van der Waals surface area contributed by atoms with E-state index in [2.05, 4.69) is 5.32 Å². The second-order valence-corrected chi connectivity index (χ2v) is 5.96. The molecular weight excluding hydrogens is 376 g/mol. The lowest BCUT2D eigenvalue weighted by atomic mass is 10.1. The Kier molecular flexibility index (Phi) is 5.79. The van der Waals surface area contributed by atoms with Gasteiger partial charge in [-0.1, -0.05) is 18.2 Å². The molecule has 0 unspecified atom stereocenters. The Morgan fingerprint density at radius 2 is 1.79 bits per heavy atom. The number of nitro groups is 1. The molecule has 3 aromatic rings. The summed E-state index contributed by atoms with van der Waals surface area (Å²) in [7, 11) is 0. The number of carbonyl (C=O) groups is 1. The van der Waals surface area contributed by atoms with Crippen LogP contribution in [0.4, 0.5) is 5.69 Å². The molecule has 0 aliphatic heterocycles. The Labute approximate surface area is 165 Å². The summed E-state index contributed by atoms with van der Waals surface area (Å²) in [4.78, 5) is 22.5. The standard InChI is InChI=1S/C20H16N4O5/c21-18(29-19(22)17-5-2-10-28-17)15-3-1-4-16(11-15)23-20(25)14-8-6-13(7-9-14)12-24(26)27/h1-11,21-22H,12H2,(H,23,25). The summed E-state index contributed by atoms with van der Waals surface area (Å²) < 4.78 is 10.2. The van der Waals surface area contributed by atoms with Crippen LogP contribution in [0.15, 0.2) is 71.3 Å². The molecule has 0 aliphatic carbocycles. The number of hydrogen-bond acceptors (Lipinski definition) is 7. The van der Waals surface area contributed by atoms with E-state index >= 15 is 0 Å². The van der Waals surface area contributed by atoms with E-state index in [1.54, 1.807) is 30.3 Å². The molecule has 0 fully saturated rings. The van der Waals surface area contributed by atoms with Crippen molar-refractivity contribution < 1.29 is 18.9 Å². The lowest BCUT2D eigenvalue weighted by molar-refractivity contribution is -0.496. The molecule has 1 heterocycles. The summed E-state index contributed by atoms with van der Waals surface area (Å²) in [6.45, 7) is -0.306. The van der Waals surface area contributed by atoms with Crippen LogP contribution in [0.1, 0.15) is 27.2 Å². The summed E-state index contributed by atoms with van der Waals surface area (Å²) in [6, 6.07) is 15.7. The molecule has 0 saturated heterocycles. The molecule has 0 aliphatic rings. The molecule has 9 nitrogen and oxygen atoms in total. The van der Waals surface area contributed by atoms with Gasteiger partial charge in [0.15, 0.2) is 5.76 Å². The van der Waals surface area contributed by atoms with Gasteiger partial charge in [-0.25, -0.2) is 0 Å². The van der Waals surface area contributed by atoms with Crippen molar-refractivity contribution in [2.45, 2.75) is 6.54 Å². The third kappa shape index (κ3) is 5.13. The van der Waals surface area contributed by atoms with E-state index in [-0.39, 0.29) is 24.1 Å². The van der Waals surface area contributed by atoms with Crippen LogP contribution in [0, 0.1) is 20.9 Å². The van der Waals surface area contributed by atoms with Gasteiger partial charge in [0.1, 0.15) is 0 Å². The molecule has 0 atom stereocenters. The van der Waals surface area contributed by atoms with Crippen LogP contribution in [0.2, 0.25) is 0 Å². The molecule has 1 amide bonds. The van der Waals surface area contributed by atoms with Crippen LogP contribution in [-0.2, 0) is 11.3 Å². The van der Waals surface area contributed by atoms with E-state index in [9.17, 15) is 14.9 Å². The molecule has 0 saturated carbocycles. The van der Waals surface area contributed by atoms with Gasteiger partial charge in [0.05, 0.1) is 6.26 Å². The number of carbonyl (C=O) groups excluding carboxylic acids is 1. The van der Waals surface area contributed by atoms with Crippen LogP contribution >= 0.6 is 0 Å². The zero-order valence-corrected chi connectivity index (χ0v) is 15.0. The van der Waals surface area contributed by atoms with Gasteiger partial charge in [-0.05, 0) is 42.5 Å². The lowest BCUT2D eigenvalue weighted by Crippen LogP contribution is -2.14. The van der Waals surface area contributed by atoms with Gasteiger partial charge in [0.25, 0.3) is 11.8 Å². The number of hydrogen-bond donors (Lipinski definition) is 3. The minimum atomic E-state index is -0.441. The van der Waals surface area contributed by atoms with Crippen molar-refractivity contribution in [3.05, 3.63) is 99.5 Å². The predicted octanol–water partition coefficient (Wildman–Crippen LogP) is 3.68. The molecule has 0 bridgehead atoms. The first kappa shape index (κ1) is 19.5. The summed E-state index contributed by atoms with van der Waals surface area (Å²) in [5, 5.41) is 29.0. The van der Waals surface area contributed by atoms with Crippen molar-refractivity contribution in [3.8, 4) is 0 Å². The first-order valence-electron chi connectivity index (χ1n) is 8.44. The van der Waals surface area contributed by atoms with Gasteiger partial charge in [0, 0.05) is 27.3 Å². The first-order valence-corrected chi connectivity index (χ1v) is 8.44. The fourth-order valence-electron chi connectivity index (χ4n) is 2.47. The van der Waals surface area contributed by atoms with Crippen LogP contribution in [0.3, 0.4) is 0 Å². The second-order valence-electron chi connectivity index (χ2n) is 5.96. The zero-order chi connectivity index (χ0) is 20.8. The number of furan rings is 1. The third-order valence-corrected chi connectivity index (χ3v) is 3.86. The van der Waals surface area contributed by atoms with Crippen LogP contribution in [0.25, 0.3) is 0 Å². The van der Waals surface area contributed by atoms with Crippen molar-refractivity contribution in [1.29, 1.82) is 10.8 Å². The Morgan fingerprint density at radius 1 is 1.03 bits per heavy atom. The SMILES string of the molecule is N=C(OC(=N)c1ccco1)c1cccc(NC(=O)c2ccc(C[N+](=O)[O-])cc2)c1. The van der Waals surface area contributed by atoms with E-state index in [1.165, 1.54) is 36.6 Å². The van der Waals surface area contributed by atoms with Crippen molar-refractivity contribution in [3.63, 3.8) is 0 Å². The lowest BCUT2D eigenvalue weighted by Gasteiger charge is -2.09. The van der Waals surface area contributed by atoms with E-state index in [0.29, 0.717) is 22.4 Å².